The summed E-state index contributed by atoms with van der Waals surface area (Å²) in [4.78, 5) is 5.04. The average Bonchev–Trinajstić information content (AvgIpc) is 2.30. The normalized spacial score (nSPS) is 19.8. The van der Waals surface area contributed by atoms with Crippen molar-refractivity contribution in [1.29, 1.82) is 0 Å². The van der Waals surface area contributed by atoms with Crippen LogP contribution in [0.1, 0.15) is 12.5 Å². The van der Waals surface area contributed by atoms with Crippen molar-refractivity contribution in [1.82, 2.24) is 4.90 Å². The lowest BCUT2D eigenvalue weighted by Gasteiger charge is -2.38. The first-order chi connectivity index (χ1) is 7.68. The number of alkyl halides is 1. The van der Waals surface area contributed by atoms with E-state index in [2.05, 4.69) is 70.5 Å². The summed E-state index contributed by atoms with van der Waals surface area (Å²) in [5, 5.41) is 0. The van der Waals surface area contributed by atoms with E-state index in [1.165, 1.54) is 24.3 Å². The van der Waals surface area contributed by atoms with Crippen LogP contribution in [0.5, 0.6) is 0 Å². The van der Waals surface area contributed by atoms with Gasteiger partial charge in [-0.15, -0.1) is 0 Å². The summed E-state index contributed by atoms with van der Waals surface area (Å²) in [5.74, 6) is 0. The van der Waals surface area contributed by atoms with Crippen molar-refractivity contribution in [3.8, 4) is 0 Å². The molecule has 0 spiro atoms. The monoisotopic (exact) mass is 330 g/mol. The van der Waals surface area contributed by atoms with Gasteiger partial charge in [0.25, 0.3) is 0 Å². The summed E-state index contributed by atoms with van der Waals surface area (Å²) in [6, 6.07) is 8.68. The first-order valence-electron chi connectivity index (χ1n) is 5.87. The van der Waals surface area contributed by atoms with Crippen LogP contribution in [0.3, 0.4) is 0 Å². The van der Waals surface area contributed by atoms with E-state index >= 15 is 0 Å². The molecule has 1 atom stereocenters. The maximum atomic E-state index is 2.54. The van der Waals surface area contributed by atoms with Gasteiger partial charge in [0.15, 0.2) is 0 Å². The minimum absolute atomic E-state index is 0.650. The molecule has 3 heteroatoms. The first kappa shape index (κ1) is 12.2. The zero-order valence-electron chi connectivity index (χ0n) is 9.99. The third-order valence-electron chi connectivity index (χ3n) is 3.27. The molecule has 1 aromatic carbocycles. The standard InChI is InChI=1S/C13H19IN2/c1-11-5-3-4-6-13(11)16-9-7-15(8-10-16)12(2)14/h3-6,12H,7-10H2,1-2H3. The highest BCUT2D eigenvalue weighted by molar-refractivity contribution is 14.1. The van der Waals surface area contributed by atoms with Gasteiger partial charge in [-0.3, -0.25) is 4.90 Å². The van der Waals surface area contributed by atoms with Crippen LogP contribution in [-0.4, -0.2) is 35.1 Å². The summed E-state index contributed by atoms with van der Waals surface area (Å²) >= 11 is 2.50. The number of piperazine rings is 1. The fourth-order valence-electron chi connectivity index (χ4n) is 2.24. The number of benzene rings is 1. The molecule has 0 aliphatic carbocycles. The predicted molar refractivity (Wildman–Crippen MR) is 78.4 cm³/mol. The van der Waals surface area contributed by atoms with E-state index in [1.807, 2.05) is 0 Å². The largest absolute Gasteiger partial charge is 0.369 e. The van der Waals surface area contributed by atoms with Gasteiger partial charge in [-0.25, -0.2) is 0 Å². The summed E-state index contributed by atoms with van der Waals surface area (Å²) in [6.07, 6.45) is 0. The van der Waals surface area contributed by atoms with Crippen molar-refractivity contribution in [2.45, 2.75) is 17.9 Å². The summed E-state index contributed by atoms with van der Waals surface area (Å²) in [6.45, 7) is 9.12. The highest BCUT2D eigenvalue weighted by Crippen LogP contribution is 2.21. The van der Waals surface area contributed by atoms with Gasteiger partial charge in [0.1, 0.15) is 0 Å². The topological polar surface area (TPSA) is 6.48 Å². The summed E-state index contributed by atoms with van der Waals surface area (Å²) < 4.78 is 0.650. The van der Waals surface area contributed by atoms with Crippen molar-refractivity contribution in [3.05, 3.63) is 29.8 Å². The molecule has 88 valence electrons. The van der Waals surface area contributed by atoms with Gasteiger partial charge in [-0.1, -0.05) is 40.8 Å². The predicted octanol–water partition coefficient (Wildman–Crippen LogP) is 2.90. The molecule has 2 nitrogen and oxygen atoms in total. The Kier molecular flexibility index (Phi) is 4.08. The average molecular weight is 330 g/mol. The molecule has 0 bridgehead atoms. The SMILES string of the molecule is Cc1ccccc1N1CCN(C(C)I)CC1. The lowest BCUT2D eigenvalue weighted by molar-refractivity contribution is 0.260. The third kappa shape index (κ3) is 2.69. The molecule has 0 aromatic heterocycles. The first-order valence-corrected chi connectivity index (χ1v) is 7.12. The highest BCUT2D eigenvalue weighted by atomic mass is 127. The Balaban J connectivity index is 2.02. The van der Waals surface area contributed by atoms with Crippen molar-refractivity contribution in [3.63, 3.8) is 0 Å². The van der Waals surface area contributed by atoms with E-state index in [9.17, 15) is 0 Å². The number of rotatable bonds is 2. The zero-order valence-corrected chi connectivity index (χ0v) is 12.1. The quantitative estimate of drug-likeness (QED) is 0.467. The van der Waals surface area contributed by atoms with Crippen LogP contribution in [0.15, 0.2) is 24.3 Å². The minimum atomic E-state index is 0.650. The van der Waals surface area contributed by atoms with Gasteiger partial charge in [0.2, 0.25) is 0 Å². The molecule has 1 aromatic rings. The molecule has 1 fully saturated rings. The number of aryl methyl sites for hydroxylation is 1. The van der Waals surface area contributed by atoms with Gasteiger partial charge in [0.05, 0.1) is 4.05 Å². The van der Waals surface area contributed by atoms with Crippen LogP contribution in [-0.2, 0) is 0 Å². The van der Waals surface area contributed by atoms with Crippen LogP contribution in [0.25, 0.3) is 0 Å². The van der Waals surface area contributed by atoms with Crippen LogP contribution in [0.4, 0.5) is 5.69 Å². The van der Waals surface area contributed by atoms with E-state index in [-0.39, 0.29) is 0 Å². The van der Waals surface area contributed by atoms with Gasteiger partial charge in [-0.2, -0.15) is 0 Å². The molecule has 0 radical (unpaired) electrons. The van der Waals surface area contributed by atoms with Crippen LogP contribution >= 0.6 is 22.6 Å². The molecule has 2 rings (SSSR count). The molecule has 1 heterocycles. The van der Waals surface area contributed by atoms with Crippen LogP contribution < -0.4 is 4.90 Å². The third-order valence-corrected chi connectivity index (χ3v) is 4.06. The molecular weight excluding hydrogens is 311 g/mol. The Hall–Kier alpha value is -0.290. The maximum absolute atomic E-state index is 2.54. The molecule has 1 aliphatic rings. The Morgan fingerprint density at radius 1 is 1.12 bits per heavy atom. The van der Waals surface area contributed by atoms with Crippen LogP contribution in [0.2, 0.25) is 0 Å². The number of halogens is 1. The van der Waals surface area contributed by atoms with Gasteiger partial charge in [0, 0.05) is 31.9 Å². The number of nitrogens with zero attached hydrogens (tertiary/aromatic N) is 2. The fraction of sp³-hybridized carbons (Fsp3) is 0.538. The van der Waals surface area contributed by atoms with Gasteiger partial charge < -0.3 is 4.90 Å². The van der Waals surface area contributed by atoms with Crippen molar-refractivity contribution in [2.75, 3.05) is 31.1 Å². The van der Waals surface area contributed by atoms with E-state index in [0.717, 1.165) is 13.1 Å². The van der Waals surface area contributed by atoms with Gasteiger partial charge >= 0.3 is 0 Å². The Bertz CT molecular complexity index is 344. The molecule has 0 N–H and O–H groups in total. The Morgan fingerprint density at radius 3 is 2.31 bits per heavy atom. The lowest BCUT2D eigenvalue weighted by atomic mass is 10.1. The van der Waals surface area contributed by atoms with Crippen LogP contribution in [0, 0.1) is 6.92 Å². The molecular formula is C13H19IN2. The number of hydrogen-bond acceptors (Lipinski definition) is 2. The van der Waals surface area contributed by atoms with Crippen molar-refractivity contribution < 1.29 is 0 Å². The van der Waals surface area contributed by atoms with Crippen molar-refractivity contribution >= 4 is 28.3 Å². The van der Waals surface area contributed by atoms with E-state index in [1.54, 1.807) is 0 Å². The molecule has 16 heavy (non-hydrogen) atoms. The fourth-order valence-corrected chi connectivity index (χ4v) is 2.79. The Labute approximate surface area is 112 Å². The summed E-state index contributed by atoms with van der Waals surface area (Å²) in [5.41, 5.74) is 2.79. The second kappa shape index (κ2) is 5.36. The van der Waals surface area contributed by atoms with E-state index < -0.39 is 0 Å². The summed E-state index contributed by atoms with van der Waals surface area (Å²) in [7, 11) is 0. The lowest BCUT2D eigenvalue weighted by Crippen LogP contribution is -2.48. The molecule has 0 saturated carbocycles. The number of para-hydroxylation sites is 1. The number of hydrogen-bond donors (Lipinski definition) is 0. The van der Waals surface area contributed by atoms with Gasteiger partial charge in [-0.05, 0) is 25.5 Å². The van der Waals surface area contributed by atoms with E-state index in [4.69, 9.17) is 0 Å². The Morgan fingerprint density at radius 2 is 1.75 bits per heavy atom. The molecule has 1 aliphatic heterocycles. The molecule has 0 amide bonds. The highest BCUT2D eigenvalue weighted by Gasteiger charge is 2.20. The maximum Gasteiger partial charge on any atom is 0.0591 e. The number of anilines is 1. The molecule has 1 unspecified atom stereocenters. The second-order valence-corrected chi connectivity index (χ2v) is 6.19. The van der Waals surface area contributed by atoms with Crippen molar-refractivity contribution in [2.24, 2.45) is 0 Å². The van der Waals surface area contributed by atoms with E-state index in [0.29, 0.717) is 4.05 Å². The zero-order chi connectivity index (χ0) is 11.5. The smallest absolute Gasteiger partial charge is 0.0591 e. The second-order valence-electron chi connectivity index (χ2n) is 4.38. The minimum Gasteiger partial charge on any atom is -0.369 e. The molecule has 1 saturated heterocycles.